The standard InChI is InChI=1S/C18H22N2O4S/c1-14-7-9-16(10-8-14)25(22,23)20-11-3-6-17(20)18(21)19(2)13-15-5-4-12-24-15/h4-5,7-10,12,17H,3,6,11,13H2,1-2H3/t17-/m1/s1. The summed E-state index contributed by atoms with van der Waals surface area (Å²) < 4.78 is 32.5. The Labute approximate surface area is 148 Å². The summed E-state index contributed by atoms with van der Waals surface area (Å²) in [7, 11) is -2.02. The number of nitrogens with zero attached hydrogens (tertiary/aromatic N) is 2. The Morgan fingerprint density at radius 1 is 1.28 bits per heavy atom. The Hall–Kier alpha value is -2.12. The zero-order chi connectivity index (χ0) is 18.0. The van der Waals surface area contributed by atoms with Crippen LogP contribution in [0, 0.1) is 6.92 Å². The first kappa shape index (κ1) is 17.7. The molecule has 1 aliphatic rings. The molecule has 134 valence electrons. The van der Waals surface area contributed by atoms with E-state index in [9.17, 15) is 13.2 Å². The van der Waals surface area contributed by atoms with Crippen LogP contribution in [0.3, 0.4) is 0 Å². The van der Waals surface area contributed by atoms with Crippen LogP contribution in [0.2, 0.25) is 0 Å². The van der Waals surface area contributed by atoms with Crippen LogP contribution in [0.25, 0.3) is 0 Å². The van der Waals surface area contributed by atoms with E-state index in [1.807, 2.05) is 6.92 Å². The average Bonchev–Trinajstić information content (AvgIpc) is 3.26. The van der Waals surface area contributed by atoms with Crippen molar-refractivity contribution in [1.29, 1.82) is 0 Å². The second-order valence-corrected chi connectivity index (χ2v) is 8.25. The van der Waals surface area contributed by atoms with Gasteiger partial charge in [-0.2, -0.15) is 4.31 Å². The first-order valence-electron chi connectivity index (χ1n) is 8.25. The highest BCUT2D eigenvalue weighted by atomic mass is 32.2. The molecule has 25 heavy (non-hydrogen) atoms. The SMILES string of the molecule is Cc1ccc(S(=O)(=O)N2CCC[C@@H]2C(=O)N(C)Cc2ccco2)cc1. The van der Waals surface area contributed by atoms with Gasteiger partial charge in [-0.05, 0) is 44.0 Å². The molecule has 1 atom stereocenters. The lowest BCUT2D eigenvalue weighted by Crippen LogP contribution is -2.46. The molecule has 6 nitrogen and oxygen atoms in total. The highest BCUT2D eigenvalue weighted by Crippen LogP contribution is 2.27. The zero-order valence-electron chi connectivity index (χ0n) is 14.4. The van der Waals surface area contributed by atoms with E-state index in [2.05, 4.69) is 0 Å². The molecule has 1 fully saturated rings. The molecule has 1 aromatic carbocycles. The minimum atomic E-state index is -3.68. The lowest BCUT2D eigenvalue weighted by Gasteiger charge is -2.27. The van der Waals surface area contributed by atoms with E-state index in [-0.39, 0.29) is 10.8 Å². The summed E-state index contributed by atoms with van der Waals surface area (Å²) in [6, 6.07) is 9.61. The molecule has 0 bridgehead atoms. The summed E-state index contributed by atoms with van der Waals surface area (Å²) in [4.78, 5) is 14.5. The number of amides is 1. The number of hydrogen-bond acceptors (Lipinski definition) is 4. The number of aryl methyl sites for hydroxylation is 1. The van der Waals surface area contributed by atoms with Gasteiger partial charge in [-0.1, -0.05) is 17.7 Å². The zero-order valence-corrected chi connectivity index (χ0v) is 15.2. The van der Waals surface area contributed by atoms with Crippen LogP contribution in [0.5, 0.6) is 0 Å². The minimum absolute atomic E-state index is 0.204. The molecule has 0 aliphatic carbocycles. The first-order valence-corrected chi connectivity index (χ1v) is 9.69. The fraction of sp³-hybridized carbons (Fsp3) is 0.389. The Kier molecular flexibility index (Phi) is 4.96. The largest absolute Gasteiger partial charge is 0.467 e. The number of rotatable bonds is 5. The van der Waals surface area contributed by atoms with Crippen molar-refractivity contribution in [2.45, 2.75) is 37.2 Å². The molecule has 1 amide bonds. The molecule has 7 heteroatoms. The summed E-state index contributed by atoms with van der Waals surface area (Å²) in [5.41, 5.74) is 0.992. The van der Waals surface area contributed by atoms with Crippen LogP contribution in [-0.4, -0.2) is 43.2 Å². The van der Waals surface area contributed by atoms with Crippen molar-refractivity contribution in [2.24, 2.45) is 0 Å². The molecule has 0 spiro atoms. The molecule has 0 saturated carbocycles. The molecule has 2 aromatic rings. The van der Waals surface area contributed by atoms with Gasteiger partial charge in [-0.25, -0.2) is 8.42 Å². The quantitative estimate of drug-likeness (QED) is 0.819. The summed E-state index contributed by atoms with van der Waals surface area (Å²) in [5, 5.41) is 0. The van der Waals surface area contributed by atoms with Crippen molar-refractivity contribution < 1.29 is 17.6 Å². The molecule has 2 heterocycles. The minimum Gasteiger partial charge on any atom is -0.467 e. The number of benzene rings is 1. The fourth-order valence-corrected chi connectivity index (χ4v) is 4.74. The lowest BCUT2D eigenvalue weighted by atomic mass is 10.2. The monoisotopic (exact) mass is 362 g/mol. The van der Waals surface area contributed by atoms with E-state index < -0.39 is 16.1 Å². The van der Waals surface area contributed by atoms with Crippen molar-refractivity contribution in [3.8, 4) is 0 Å². The van der Waals surface area contributed by atoms with Crippen molar-refractivity contribution in [3.05, 3.63) is 54.0 Å². The molecule has 3 rings (SSSR count). The Bertz CT molecular complexity index is 828. The van der Waals surface area contributed by atoms with Gasteiger partial charge in [0.25, 0.3) is 0 Å². The van der Waals surface area contributed by atoms with Crippen LogP contribution in [0.1, 0.15) is 24.2 Å². The predicted octanol–water partition coefficient (Wildman–Crippen LogP) is 2.40. The van der Waals surface area contributed by atoms with Crippen LogP contribution in [-0.2, 0) is 21.4 Å². The van der Waals surface area contributed by atoms with Crippen molar-refractivity contribution in [3.63, 3.8) is 0 Å². The molecule has 1 aromatic heterocycles. The molecule has 0 N–H and O–H groups in total. The van der Waals surface area contributed by atoms with Crippen LogP contribution in [0.4, 0.5) is 0 Å². The number of hydrogen-bond donors (Lipinski definition) is 0. The Morgan fingerprint density at radius 2 is 2.00 bits per heavy atom. The maximum Gasteiger partial charge on any atom is 0.243 e. The smallest absolute Gasteiger partial charge is 0.243 e. The summed E-state index contributed by atoms with van der Waals surface area (Å²) in [6.07, 6.45) is 2.76. The second-order valence-electron chi connectivity index (χ2n) is 6.36. The van der Waals surface area contributed by atoms with Gasteiger partial charge >= 0.3 is 0 Å². The summed E-state index contributed by atoms with van der Waals surface area (Å²) in [6.45, 7) is 2.59. The number of sulfonamides is 1. The predicted molar refractivity (Wildman–Crippen MR) is 93.3 cm³/mol. The summed E-state index contributed by atoms with van der Waals surface area (Å²) >= 11 is 0. The molecule has 1 aliphatic heterocycles. The van der Waals surface area contributed by atoms with Gasteiger partial charge in [0.15, 0.2) is 0 Å². The number of carbonyl (C=O) groups is 1. The van der Waals surface area contributed by atoms with E-state index in [0.29, 0.717) is 31.7 Å². The molecular formula is C18H22N2O4S. The van der Waals surface area contributed by atoms with Gasteiger partial charge < -0.3 is 9.32 Å². The van der Waals surface area contributed by atoms with Gasteiger partial charge in [-0.3, -0.25) is 4.79 Å². The Morgan fingerprint density at radius 3 is 2.64 bits per heavy atom. The van der Waals surface area contributed by atoms with Gasteiger partial charge in [0.2, 0.25) is 15.9 Å². The van der Waals surface area contributed by atoms with Crippen molar-refractivity contribution in [1.82, 2.24) is 9.21 Å². The van der Waals surface area contributed by atoms with Crippen LogP contribution < -0.4 is 0 Å². The normalized spacial score (nSPS) is 18.4. The third-order valence-electron chi connectivity index (χ3n) is 4.47. The van der Waals surface area contributed by atoms with Crippen molar-refractivity contribution >= 4 is 15.9 Å². The first-order chi connectivity index (χ1) is 11.9. The van der Waals surface area contributed by atoms with Gasteiger partial charge in [0.05, 0.1) is 17.7 Å². The van der Waals surface area contributed by atoms with Gasteiger partial charge in [0, 0.05) is 13.6 Å². The third kappa shape index (κ3) is 3.62. The van der Waals surface area contributed by atoms with Crippen LogP contribution in [0.15, 0.2) is 52.0 Å². The number of carbonyl (C=O) groups excluding carboxylic acids is 1. The molecule has 1 saturated heterocycles. The van der Waals surface area contributed by atoms with E-state index in [4.69, 9.17) is 4.42 Å². The highest BCUT2D eigenvalue weighted by molar-refractivity contribution is 7.89. The lowest BCUT2D eigenvalue weighted by molar-refractivity contribution is -0.134. The molecule has 0 radical (unpaired) electrons. The second kappa shape index (κ2) is 7.01. The maximum atomic E-state index is 12.9. The highest BCUT2D eigenvalue weighted by Gasteiger charge is 2.40. The Balaban J connectivity index is 1.79. The number of likely N-dealkylation sites (N-methyl/N-ethyl adjacent to an activating group) is 1. The maximum absolute atomic E-state index is 12.9. The fourth-order valence-electron chi connectivity index (χ4n) is 3.09. The van der Waals surface area contributed by atoms with Crippen molar-refractivity contribution in [2.75, 3.05) is 13.6 Å². The average molecular weight is 362 g/mol. The van der Waals surface area contributed by atoms with E-state index in [1.54, 1.807) is 49.7 Å². The van der Waals surface area contributed by atoms with E-state index >= 15 is 0 Å². The summed E-state index contributed by atoms with van der Waals surface area (Å²) in [5.74, 6) is 0.464. The third-order valence-corrected chi connectivity index (χ3v) is 6.39. The topological polar surface area (TPSA) is 70.8 Å². The van der Waals surface area contributed by atoms with E-state index in [1.165, 1.54) is 9.21 Å². The van der Waals surface area contributed by atoms with Gasteiger partial charge in [0.1, 0.15) is 11.8 Å². The molecular weight excluding hydrogens is 340 g/mol. The van der Waals surface area contributed by atoms with Crippen LogP contribution >= 0.6 is 0 Å². The van der Waals surface area contributed by atoms with E-state index in [0.717, 1.165) is 5.56 Å². The number of furan rings is 1. The van der Waals surface area contributed by atoms with Gasteiger partial charge in [-0.15, -0.1) is 0 Å². The molecule has 0 unspecified atom stereocenters.